The first-order valence-corrected chi connectivity index (χ1v) is 4.24. The summed E-state index contributed by atoms with van der Waals surface area (Å²) in [6.07, 6.45) is 1.96. The molecule has 2 heteroatoms. The molecule has 0 aliphatic carbocycles. The van der Waals surface area contributed by atoms with E-state index < -0.39 is 0 Å². The molecule has 0 aliphatic heterocycles. The third-order valence-electron chi connectivity index (χ3n) is 1.94. The molecular weight excluding hydrogens is 136 g/mol. The van der Waals surface area contributed by atoms with E-state index in [1.165, 1.54) is 0 Å². The summed E-state index contributed by atoms with van der Waals surface area (Å²) in [5.41, 5.74) is 12.4. The fourth-order valence-electron chi connectivity index (χ4n) is 0.951. The third-order valence-corrected chi connectivity index (χ3v) is 1.94. The fraction of sp³-hybridized carbons (Fsp3) is 0.778. The Kier molecular flexibility index (Phi) is 5.16. The monoisotopic (exact) mass is 156 g/mol. The molecule has 0 spiro atoms. The predicted octanol–water partition coefficient (Wildman–Crippen LogP) is 1.26. The minimum Gasteiger partial charge on any atom is -0.330 e. The highest BCUT2D eigenvalue weighted by Gasteiger charge is 2.08. The van der Waals surface area contributed by atoms with Gasteiger partial charge in [0.15, 0.2) is 0 Å². The smallest absolute Gasteiger partial charge is 0.0253 e. The molecule has 0 aliphatic rings. The Bertz CT molecular complexity index is 119. The summed E-state index contributed by atoms with van der Waals surface area (Å²) in [4.78, 5) is 0. The Morgan fingerprint density at radius 1 is 1.45 bits per heavy atom. The van der Waals surface area contributed by atoms with Crippen molar-refractivity contribution in [2.24, 2.45) is 17.4 Å². The van der Waals surface area contributed by atoms with Gasteiger partial charge in [-0.1, -0.05) is 26.0 Å². The van der Waals surface area contributed by atoms with Crippen LogP contribution < -0.4 is 11.5 Å². The third kappa shape index (κ3) is 4.17. The lowest BCUT2D eigenvalue weighted by Gasteiger charge is -2.17. The van der Waals surface area contributed by atoms with Crippen LogP contribution in [0.3, 0.4) is 0 Å². The molecule has 0 rings (SSSR count). The van der Waals surface area contributed by atoms with Gasteiger partial charge in [0.05, 0.1) is 0 Å². The van der Waals surface area contributed by atoms with Crippen LogP contribution >= 0.6 is 0 Å². The largest absolute Gasteiger partial charge is 0.330 e. The highest BCUT2D eigenvalue weighted by Crippen LogP contribution is 2.13. The predicted molar refractivity (Wildman–Crippen MR) is 50.2 cm³/mol. The normalized spacial score (nSPS) is 13.5. The van der Waals surface area contributed by atoms with Crippen molar-refractivity contribution in [3.63, 3.8) is 0 Å². The van der Waals surface area contributed by atoms with E-state index in [2.05, 4.69) is 20.4 Å². The molecule has 0 amide bonds. The molecule has 0 saturated carbocycles. The van der Waals surface area contributed by atoms with Crippen LogP contribution in [-0.2, 0) is 0 Å². The standard InChI is InChI=1S/C9H20N2/c1-7(2)8(3)9(11)5-4-6-10/h7,9H,3-6,10-11H2,1-2H3/t9-/m1/s1. The summed E-state index contributed by atoms with van der Waals surface area (Å²) < 4.78 is 0. The number of hydrogen-bond donors (Lipinski definition) is 2. The molecule has 0 heterocycles. The zero-order valence-electron chi connectivity index (χ0n) is 7.64. The van der Waals surface area contributed by atoms with E-state index >= 15 is 0 Å². The Balaban J connectivity index is 3.64. The van der Waals surface area contributed by atoms with E-state index in [0.29, 0.717) is 5.92 Å². The molecule has 0 bridgehead atoms. The van der Waals surface area contributed by atoms with Crippen molar-refractivity contribution in [1.29, 1.82) is 0 Å². The van der Waals surface area contributed by atoms with Crippen LogP contribution in [0.5, 0.6) is 0 Å². The lowest BCUT2D eigenvalue weighted by atomic mass is 9.95. The molecule has 0 aromatic carbocycles. The van der Waals surface area contributed by atoms with E-state index in [1.54, 1.807) is 0 Å². The average Bonchev–Trinajstić information content (AvgIpc) is 1.98. The highest BCUT2D eigenvalue weighted by atomic mass is 14.6. The molecular formula is C9H20N2. The lowest BCUT2D eigenvalue weighted by Crippen LogP contribution is -2.25. The first-order valence-electron chi connectivity index (χ1n) is 4.24. The molecule has 2 nitrogen and oxygen atoms in total. The Morgan fingerprint density at radius 2 is 2.00 bits per heavy atom. The van der Waals surface area contributed by atoms with Crippen molar-refractivity contribution in [2.45, 2.75) is 32.7 Å². The van der Waals surface area contributed by atoms with Crippen molar-refractivity contribution < 1.29 is 0 Å². The molecule has 4 N–H and O–H groups in total. The van der Waals surface area contributed by atoms with Gasteiger partial charge in [0.2, 0.25) is 0 Å². The van der Waals surface area contributed by atoms with Crippen LogP contribution in [-0.4, -0.2) is 12.6 Å². The van der Waals surface area contributed by atoms with Crippen LogP contribution in [0.4, 0.5) is 0 Å². The summed E-state index contributed by atoms with van der Waals surface area (Å²) in [6, 6.07) is 0.138. The Labute approximate surface area is 69.6 Å². The van der Waals surface area contributed by atoms with Crippen molar-refractivity contribution in [1.82, 2.24) is 0 Å². The van der Waals surface area contributed by atoms with Gasteiger partial charge in [-0.25, -0.2) is 0 Å². The maximum Gasteiger partial charge on any atom is 0.0253 e. The quantitative estimate of drug-likeness (QED) is 0.589. The van der Waals surface area contributed by atoms with E-state index in [1.807, 2.05) is 0 Å². The lowest BCUT2D eigenvalue weighted by molar-refractivity contribution is 0.589. The minimum absolute atomic E-state index is 0.138. The zero-order chi connectivity index (χ0) is 8.85. The van der Waals surface area contributed by atoms with Gasteiger partial charge < -0.3 is 11.5 Å². The summed E-state index contributed by atoms with van der Waals surface area (Å²) in [5, 5.41) is 0. The molecule has 0 saturated heterocycles. The second-order valence-electron chi connectivity index (χ2n) is 3.27. The Morgan fingerprint density at radius 3 is 2.36 bits per heavy atom. The fourth-order valence-corrected chi connectivity index (χ4v) is 0.951. The topological polar surface area (TPSA) is 52.0 Å². The first-order chi connectivity index (χ1) is 5.09. The van der Waals surface area contributed by atoms with Crippen molar-refractivity contribution >= 4 is 0 Å². The van der Waals surface area contributed by atoms with Crippen LogP contribution in [0.15, 0.2) is 12.2 Å². The van der Waals surface area contributed by atoms with Crippen LogP contribution in [0.2, 0.25) is 0 Å². The first kappa shape index (κ1) is 10.7. The minimum atomic E-state index is 0.138. The Hall–Kier alpha value is -0.340. The average molecular weight is 156 g/mol. The van der Waals surface area contributed by atoms with E-state index in [-0.39, 0.29) is 6.04 Å². The van der Waals surface area contributed by atoms with E-state index in [9.17, 15) is 0 Å². The summed E-state index contributed by atoms with van der Waals surface area (Å²) >= 11 is 0. The summed E-state index contributed by atoms with van der Waals surface area (Å²) in [7, 11) is 0. The number of nitrogens with two attached hydrogens (primary N) is 2. The van der Waals surface area contributed by atoms with Gasteiger partial charge in [-0.15, -0.1) is 0 Å². The summed E-state index contributed by atoms with van der Waals surface area (Å²) in [6.45, 7) is 8.89. The second kappa shape index (κ2) is 5.33. The number of hydrogen-bond acceptors (Lipinski definition) is 2. The highest BCUT2D eigenvalue weighted by molar-refractivity contribution is 5.06. The molecule has 0 radical (unpaired) electrons. The van der Waals surface area contributed by atoms with Gasteiger partial charge in [0, 0.05) is 6.04 Å². The van der Waals surface area contributed by atoms with Crippen molar-refractivity contribution in [3.8, 4) is 0 Å². The SMILES string of the molecule is C=C(C(C)C)[C@H](N)CCCN. The zero-order valence-corrected chi connectivity index (χ0v) is 7.64. The molecule has 0 unspecified atom stereocenters. The van der Waals surface area contributed by atoms with Gasteiger partial charge in [-0.3, -0.25) is 0 Å². The van der Waals surface area contributed by atoms with Crippen molar-refractivity contribution in [3.05, 3.63) is 12.2 Å². The maximum absolute atomic E-state index is 5.85. The molecule has 0 aromatic heterocycles. The summed E-state index contributed by atoms with van der Waals surface area (Å²) in [5.74, 6) is 0.489. The van der Waals surface area contributed by atoms with Gasteiger partial charge in [-0.2, -0.15) is 0 Å². The van der Waals surface area contributed by atoms with E-state index in [4.69, 9.17) is 11.5 Å². The maximum atomic E-state index is 5.85. The van der Waals surface area contributed by atoms with Crippen molar-refractivity contribution in [2.75, 3.05) is 6.54 Å². The second-order valence-corrected chi connectivity index (χ2v) is 3.27. The number of rotatable bonds is 5. The molecule has 0 aromatic rings. The molecule has 66 valence electrons. The van der Waals surface area contributed by atoms with Gasteiger partial charge in [-0.05, 0) is 25.3 Å². The van der Waals surface area contributed by atoms with Crippen LogP contribution in [0.25, 0.3) is 0 Å². The van der Waals surface area contributed by atoms with Gasteiger partial charge >= 0.3 is 0 Å². The van der Waals surface area contributed by atoms with E-state index in [0.717, 1.165) is 25.0 Å². The van der Waals surface area contributed by atoms with Crippen LogP contribution in [0.1, 0.15) is 26.7 Å². The van der Waals surface area contributed by atoms with Crippen LogP contribution in [0, 0.1) is 5.92 Å². The molecule has 0 fully saturated rings. The van der Waals surface area contributed by atoms with Gasteiger partial charge in [0.25, 0.3) is 0 Å². The van der Waals surface area contributed by atoms with Gasteiger partial charge in [0.1, 0.15) is 0 Å². The molecule has 1 atom stereocenters. The molecule has 11 heavy (non-hydrogen) atoms.